The van der Waals surface area contributed by atoms with Gasteiger partial charge in [-0.2, -0.15) is 0 Å². The Hall–Kier alpha value is -2.04. The van der Waals surface area contributed by atoms with Crippen LogP contribution < -0.4 is 5.32 Å². The number of rotatable bonds is 3. The van der Waals surface area contributed by atoms with Crippen molar-refractivity contribution in [2.45, 2.75) is 40.2 Å². The predicted molar refractivity (Wildman–Crippen MR) is 77.0 cm³/mol. The third kappa shape index (κ3) is 4.91. The lowest BCUT2D eigenvalue weighted by Gasteiger charge is -2.20. The normalized spacial score (nSPS) is 10.8. The summed E-state index contributed by atoms with van der Waals surface area (Å²) in [5.74, 6) is -0.474. The van der Waals surface area contributed by atoms with Crippen molar-refractivity contribution in [2.75, 3.05) is 11.9 Å². The summed E-state index contributed by atoms with van der Waals surface area (Å²) in [6.07, 6.45) is -0.603. The summed E-state index contributed by atoms with van der Waals surface area (Å²) in [6.45, 7) is 9.19. The van der Waals surface area contributed by atoms with E-state index in [0.29, 0.717) is 11.3 Å². The summed E-state index contributed by atoms with van der Waals surface area (Å²) in [7, 11) is 0. The molecule has 0 saturated carbocycles. The van der Waals surface area contributed by atoms with Crippen LogP contribution in [0.5, 0.6) is 0 Å². The standard InChI is InChI=1S/C15H21NO4/c1-6-19-13(17)11-8-7-10(2)9-12(11)16-14(18)20-15(3,4)5/h7-9H,6H2,1-5H3,(H,16,18). The highest BCUT2D eigenvalue weighted by atomic mass is 16.6. The van der Waals surface area contributed by atoms with Crippen molar-refractivity contribution in [1.29, 1.82) is 0 Å². The first-order valence-corrected chi connectivity index (χ1v) is 6.50. The fraction of sp³-hybridized carbons (Fsp3) is 0.467. The molecule has 0 unspecified atom stereocenters. The Morgan fingerprint density at radius 3 is 2.45 bits per heavy atom. The molecule has 0 aliphatic heterocycles. The lowest BCUT2D eigenvalue weighted by Crippen LogP contribution is -2.27. The monoisotopic (exact) mass is 279 g/mol. The smallest absolute Gasteiger partial charge is 0.412 e. The molecule has 0 aliphatic rings. The van der Waals surface area contributed by atoms with E-state index in [1.54, 1.807) is 45.9 Å². The van der Waals surface area contributed by atoms with E-state index in [1.807, 2.05) is 6.92 Å². The SMILES string of the molecule is CCOC(=O)c1ccc(C)cc1NC(=O)OC(C)(C)C. The van der Waals surface area contributed by atoms with Crippen LogP contribution in [-0.2, 0) is 9.47 Å². The van der Waals surface area contributed by atoms with Crippen LogP contribution in [0.2, 0.25) is 0 Å². The van der Waals surface area contributed by atoms with Gasteiger partial charge in [-0.15, -0.1) is 0 Å². The number of amides is 1. The molecule has 1 aromatic rings. The van der Waals surface area contributed by atoms with Gasteiger partial charge in [-0.05, 0) is 52.3 Å². The lowest BCUT2D eigenvalue weighted by atomic mass is 10.1. The number of hydrogen-bond acceptors (Lipinski definition) is 4. The predicted octanol–water partition coefficient (Wildman–Crippen LogP) is 3.52. The number of hydrogen-bond donors (Lipinski definition) is 1. The molecular weight excluding hydrogens is 258 g/mol. The largest absolute Gasteiger partial charge is 0.462 e. The van der Waals surface area contributed by atoms with Gasteiger partial charge < -0.3 is 9.47 Å². The maximum Gasteiger partial charge on any atom is 0.412 e. The minimum absolute atomic E-state index is 0.276. The fourth-order valence-electron chi connectivity index (χ4n) is 1.56. The molecule has 5 heteroatoms. The maximum absolute atomic E-state index is 11.8. The van der Waals surface area contributed by atoms with Gasteiger partial charge in [0.15, 0.2) is 0 Å². The molecule has 20 heavy (non-hydrogen) atoms. The third-order valence-electron chi connectivity index (χ3n) is 2.31. The van der Waals surface area contributed by atoms with Gasteiger partial charge >= 0.3 is 12.1 Å². The molecule has 0 saturated heterocycles. The van der Waals surface area contributed by atoms with Gasteiger partial charge in [-0.1, -0.05) is 6.07 Å². The van der Waals surface area contributed by atoms with Crippen LogP contribution in [0.4, 0.5) is 10.5 Å². The van der Waals surface area contributed by atoms with Crippen molar-refractivity contribution in [3.05, 3.63) is 29.3 Å². The summed E-state index contributed by atoms with van der Waals surface area (Å²) < 4.78 is 10.1. The summed E-state index contributed by atoms with van der Waals surface area (Å²) in [6, 6.07) is 5.11. The molecule has 1 aromatic carbocycles. The van der Waals surface area contributed by atoms with E-state index in [0.717, 1.165) is 5.56 Å². The number of ether oxygens (including phenoxy) is 2. The Balaban J connectivity index is 2.95. The summed E-state index contributed by atoms with van der Waals surface area (Å²) in [5, 5.41) is 2.59. The van der Waals surface area contributed by atoms with E-state index in [-0.39, 0.29) is 6.61 Å². The minimum Gasteiger partial charge on any atom is -0.462 e. The van der Waals surface area contributed by atoms with Crippen LogP contribution in [0.15, 0.2) is 18.2 Å². The number of benzene rings is 1. The van der Waals surface area contributed by atoms with Crippen molar-refractivity contribution in [1.82, 2.24) is 0 Å². The van der Waals surface area contributed by atoms with E-state index >= 15 is 0 Å². The van der Waals surface area contributed by atoms with Gasteiger partial charge in [-0.25, -0.2) is 9.59 Å². The van der Waals surface area contributed by atoms with Crippen LogP contribution in [-0.4, -0.2) is 24.3 Å². The number of anilines is 1. The van der Waals surface area contributed by atoms with Gasteiger partial charge in [-0.3, -0.25) is 5.32 Å². The van der Waals surface area contributed by atoms with E-state index in [2.05, 4.69) is 5.32 Å². The average molecular weight is 279 g/mol. The summed E-state index contributed by atoms with van der Waals surface area (Å²) in [5.41, 5.74) is 1.02. The second-order valence-electron chi connectivity index (χ2n) is 5.40. The molecule has 0 heterocycles. The molecular formula is C15H21NO4. The number of aryl methyl sites for hydroxylation is 1. The van der Waals surface area contributed by atoms with Gasteiger partial charge in [0, 0.05) is 0 Å². The highest BCUT2D eigenvalue weighted by Crippen LogP contribution is 2.20. The fourth-order valence-corrected chi connectivity index (χ4v) is 1.56. The van der Waals surface area contributed by atoms with Gasteiger partial charge in [0.1, 0.15) is 5.60 Å². The highest BCUT2D eigenvalue weighted by molar-refractivity contribution is 5.99. The zero-order valence-electron chi connectivity index (χ0n) is 12.6. The number of carbonyl (C=O) groups excluding carboxylic acids is 2. The van der Waals surface area contributed by atoms with E-state index in [1.165, 1.54) is 0 Å². The van der Waals surface area contributed by atoms with E-state index in [4.69, 9.17) is 9.47 Å². The third-order valence-corrected chi connectivity index (χ3v) is 2.31. The van der Waals surface area contributed by atoms with Crippen LogP contribution in [0.25, 0.3) is 0 Å². The van der Waals surface area contributed by atoms with E-state index in [9.17, 15) is 9.59 Å². The Bertz CT molecular complexity index is 503. The topological polar surface area (TPSA) is 64.6 Å². The zero-order valence-corrected chi connectivity index (χ0v) is 12.6. The molecule has 5 nitrogen and oxygen atoms in total. The first-order chi connectivity index (χ1) is 9.23. The zero-order chi connectivity index (χ0) is 15.3. The Morgan fingerprint density at radius 1 is 1.25 bits per heavy atom. The average Bonchev–Trinajstić information content (AvgIpc) is 2.26. The number of carbonyl (C=O) groups is 2. The van der Waals surface area contributed by atoms with Gasteiger partial charge in [0.05, 0.1) is 17.9 Å². The van der Waals surface area contributed by atoms with Crippen molar-refractivity contribution in [3.63, 3.8) is 0 Å². The van der Waals surface area contributed by atoms with Crippen LogP contribution in [0, 0.1) is 6.92 Å². The number of esters is 1. The van der Waals surface area contributed by atoms with Crippen LogP contribution in [0.1, 0.15) is 43.6 Å². The second kappa shape index (κ2) is 6.41. The van der Waals surface area contributed by atoms with Crippen molar-refractivity contribution in [2.24, 2.45) is 0 Å². The first-order valence-electron chi connectivity index (χ1n) is 6.50. The molecule has 1 rings (SSSR count). The molecule has 0 aliphatic carbocycles. The van der Waals surface area contributed by atoms with Crippen LogP contribution >= 0.6 is 0 Å². The van der Waals surface area contributed by atoms with Crippen molar-refractivity contribution < 1.29 is 19.1 Å². The van der Waals surface area contributed by atoms with Crippen LogP contribution in [0.3, 0.4) is 0 Å². The van der Waals surface area contributed by atoms with Crippen molar-refractivity contribution in [3.8, 4) is 0 Å². The van der Waals surface area contributed by atoms with E-state index < -0.39 is 17.7 Å². The quantitative estimate of drug-likeness (QED) is 0.860. The minimum atomic E-state index is -0.603. The first kappa shape index (κ1) is 16.0. The highest BCUT2D eigenvalue weighted by Gasteiger charge is 2.19. The van der Waals surface area contributed by atoms with Gasteiger partial charge in [0.2, 0.25) is 0 Å². The Morgan fingerprint density at radius 2 is 1.90 bits per heavy atom. The molecule has 110 valence electrons. The maximum atomic E-state index is 11.8. The Labute approximate surface area is 119 Å². The molecule has 0 aromatic heterocycles. The Kier molecular flexibility index (Phi) is 5.13. The molecule has 0 fully saturated rings. The lowest BCUT2D eigenvalue weighted by molar-refractivity contribution is 0.0527. The number of nitrogens with one attached hydrogen (secondary N) is 1. The summed E-state index contributed by atoms with van der Waals surface area (Å²) >= 11 is 0. The molecule has 0 spiro atoms. The molecule has 0 bridgehead atoms. The molecule has 1 amide bonds. The van der Waals surface area contributed by atoms with Crippen molar-refractivity contribution >= 4 is 17.7 Å². The molecule has 1 N–H and O–H groups in total. The molecule has 0 radical (unpaired) electrons. The molecule has 0 atom stereocenters. The second-order valence-corrected chi connectivity index (χ2v) is 5.40. The van der Waals surface area contributed by atoms with Gasteiger partial charge in [0.25, 0.3) is 0 Å². The summed E-state index contributed by atoms with van der Waals surface area (Å²) in [4.78, 5) is 23.6.